The van der Waals surface area contributed by atoms with E-state index >= 15 is 0 Å². The van der Waals surface area contributed by atoms with Crippen molar-refractivity contribution in [3.8, 4) is 5.75 Å². The van der Waals surface area contributed by atoms with Crippen LogP contribution in [0.4, 0.5) is 0 Å². The molecule has 0 unspecified atom stereocenters. The number of halogens is 1. The van der Waals surface area contributed by atoms with E-state index in [2.05, 4.69) is 25.9 Å². The highest BCUT2D eigenvalue weighted by molar-refractivity contribution is 9.10. The van der Waals surface area contributed by atoms with Crippen LogP contribution in [0.1, 0.15) is 15.5 Å². The van der Waals surface area contributed by atoms with E-state index in [0.29, 0.717) is 16.5 Å². The van der Waals surface area contributed by atoms with E-state index in [0.717, 1.165) is 4.47 Å². The van der Waals surface area contributed by atoms with Gasteiger partial charge in [-0.15, -0.1) is 11.3 Å². The second kappa shape index (κ2) is 5.89. The van der Waals surface area contributed by atoms with Crippen molar-refractivity contribution >= 4 is 33.2 Å². The second-order valence-corrected chi connectivity index (χ2v) is 5.02. The number of thiazole rings is 1. The average Bonchev–Trinajstić information content (AvgIpc) is 2.84. The minimum absolute atomic E-state index is 0.270. The molecule has 2 rings (SSSR count). The van der Waals surface area contributed by atoms with Crippen molar-refractivity contribution in [2.24, 2.45) is 5.84 Å². The van der Waals surface area contributed by atoms with Crippen molar-refractivity contribution in [3.63, 3.8) is 0 Å². The molecule has 0 fully saturated rings. The van der Waals surface area contributed by atoms with Gasteiger partial charge in [-0.25, -0.2) is 10.8 Å². The largest absolute Gasteiger partial charge is 0.486 e. The molecule has 8 heteroatoms. The Labute approximate surface area is 115 Å². The van der Waals surface area contributed by atoms with Crippen LogP contribution < -0.4 is 16.0 Å². The average molecular weight is 329 g/mol. The quantitative estimate of drug-likeness (QED) is 0.504. The van der Waals surface area contributed by atoms with Crippen molar-refractivity contribution < 1.29 is 9.53 Å². The Morgan fingerprint density at radius 3 is 3.11 bits per heavy atom. The molecule has 94 valence electrons. The van der Waals surface area contributed by atoms with Gasteiger partial charge in [-0.05, 0) is 22.0 Å². The van der Waals surface area contributed by atoms with E-state index in [1.807, 2.05) is 5.43 Å². The number of pyridine rings is 1. The van der Waals surface area contributed by atoms with E-state index in [-0.39, 0.29) is 6.61 Å². The lowest BCUT2D eigenvalue weighted by atomic mass is 10.4. The number of nitrogen functional groups attached to an aromatic ring is 1. The molecule has 0 aliphatic carbocycles. The molecular weight excluding hydrogens is 320 g/mol. The minimum Gasteiger partial charge on any atom is -0.486 e. The predicted octanol–water partition coefficient (Wildman–Crippen LogP) is 1.48. The fourth-order valence-corrected chi connectivity index (χ4v) is 2.22. The normalized spacial score (nSPS) is 10.1. The summed E-state index contributed by atoms with van der Waals surface area (Å²) in [6.45, 7) is 0.270. The van der Waals surface area contributed by atoms with Gasteiger partial charge >= 0.3 is 0 Å². The maximum absolute atomic E-state index is 11.2. The molecule has 2 aromatic heterocycles. The molecule has 0 aromatic carbocycles. The number of nitrogens with two attached hydrogens (primary N) is 1. The van der Waals surface area contributed by atoms with Gasteiger partial charge < -0.3 is 4.74 Å². The van der Waals surface area contributed by atoms with Crippen LogP contribution in [0.25, 0.3) is 0 Å². The predicted molar refractivity (Wildman–Crippen MR) is 70.0 cm³/mol. The van der Waals surface area contributed by atoms with E-state index in [1.165, 1.54) is 11.3 Å². The smallest absolute Gasteiger partial charge is 0.294 e. The number of nitrogens with one attached hydrogen (secondary N) is 1. The number of amides is 1. The van der Waals surface area contributed by atoms with Crippen LogP contribution in [0, 0.1) is 0 Å². The molecule has 1 amide bonds. The summed E-state index contributed by atoms with van der Waals surface area (Å²) >= 11 is 4.51. The van der Waals surface area contributed by atoms with Crippen LogP contribution >= 0.6 is 27.3 Å². The molecule has 0 saturated heterocycles. The first kappa shape index (κ1) is 12.9. The minimum atomic E-state index is -0.407. The number of rotatable bonds is 4. The molecule has 0 spiro atoms. The fourth-order valence-electron chi connectivity index (χ4n) is 1.17. The third-order valence-corrected chi connectivity index (χ3v) is 3.27. The molecule has 0 atom stereocenters. The number of hydrazine groups is 1. The molecular formula is C10H9BrN4O2S. The Kier molecular flexibility index (Phi) is 4.24. The molecule has 0 radical (unpaired) electrons. The molecule has 18 heavy (non-hydrogen) atoms. The zero-order chi connectivity index (χ0) is 13.0. The van der Waals surface area contributed by atoms with E-state index in [9.17, 15) is 4.79 Å². The second-order valence-electron chi connectivity index (χ2n) is 3.24. The lowest BCUT2D eigenvalue weighted by molar-refractivity contribution is 0.0953. The summed E-state index contributed by atoms with van der Waals surface area (Å²) in [5.74, 6) is 5.24. The fraction of sp³-hybridized carbons (Fsp3) is 0.100. The van der Waals surface area contributed by atoms with Crippen molar-refractivity contribution in [1.29, 1.82) is 0 Å². The number of aromatic nitrogens is 2. The number of hydrogen-bond acceptors (Lipinski definition) is 6. The third-order valence-electron chi connectivity index (χ3n) is 1.94. The Hall–Kier alpha value is -1.51. The molecule has 3 N–H and O–H groups in total. The number of hydrogen-bond donors (Lipinski definition) is 2. The van der Waals surface area contributed by atoms with Crippen LogP contribution in [0.15, 0.2) is 28.3 Å². The Bertz CT molecular complexity index is 560. The van der Waals surface area contributed by atoms with E-state index in [1.54, 1.807) is 23.8 Å². The highest BCUT2D eigenvalue weighted by atomic mass is 79.9. The summed E-state index contributed by atoms with van der Waals surface area (Å²) in [4.78, 5) is 19.3. The van der Waals surface area contributed by atoms with Gasteiger partial charge in [0.25, 0.3) is 5.91 Å². The molecule has 2 heterocycles. The number of ether oxygens (including phenoxy) is 1. The van der Waals surface area contributed by atoms with Crippen LogP contribution in [0.3, 0.4) is 0 Å². The lowest BCUT2D eigenvalue weighted by Gasteiger charge is -2.03. The Morgan fingerprint density at radius 1 is 1.56 bits per heavy atom. The van der Waals surface area contributed by atoms with E-state index in [4.69, 9.17) is 10.6 Å². The van der Waals surface area contributed by atoms with Crippen LogP contribution in [-0.4, -0.2) is 15.9 Å². The molecule has 6 nitrogen and oxygen atoms in total. The van der Waals surface area contributed by atoms with Crippen molar-refractivity contribution in [1.82, 2.24) is 15.4 Å². The summed E-state index contributed by atoms with van der Waals surface area (Å²) in [6, 6.07) is 1.80. The SMILES string of the molecule is NNC(=O)c1nc(COc2cncc(Br)c2)cs1. The Balaban J connectivity index is 1.98. The topological polar surface area (TPSA) is 90.1 Å². The lowest BCUT2D eigenvalue weighted by Crippen LogP contribution is -2.29. The highest BCUT2D eigenvalue weighted by Gasteiger charge is 2.09. The number of nitrogens with zero attached hydrogens (tertiary/aromatic N) is 2. The maximum atomic E-state index is 11.2. The maximum Gasteiger partial charge on any atom is 0.294 e. The van der Waals surface area contributed by atoms with Crippen molar-refractivity contribution in [3.05, 3.63) is 39.0 Å². The first-order valence-corrected chi connectivity index (χ1v) is 6.55. The summed E-state index contributed by atoms with van der Waals surface area (Å²) in [5, 5.41) is 2.05. The van der Waals surface area contributed by atoms with Gasteiger partial charge in [0, 0.05) is 16.0 Å². The summed E-state index contributed by atoms with van der Waals surface area (Å²) < 4.78 is 6.32. The summed E-state index contributed by atoms with van der Waals surface area (Å²) in [6.07, 6.45) is 3.27. The highest BCUT2D eigenvalue weighted by Crippen LogP contribution is 2.17. The molecule has 2 aromatic rings. The van der Waals surface area contributed by atoms with Crippen molar-refractivity contribution in [2.75, 3.05) is 0 Å². The first-order chi connectivity index (χ1) is 8.69. The van der Waals surface area contributed by atoms with Crippen LogP contribution in [-0.2, 0) is 6.61 Å². The van der Waals surface area contributed by atoms with Crippen LogP contribution in [0.5, 0.6) is 5.75 Å². The molecule has 0 saturated carbocycles. The van der Waals surface area contributed by atoms with Gasteiger partial charge in [-0.1, -0.05) is 0 Å². The van der Waals surface area contributed by atoms with Crippen LogP contribution in [0.2, 0.25) is 0 Å². The van der Waals surface area contributed by atoms with E-state index < -0.39 is 5.91 Å². The molecule has 0 aliphatic heterocycles. The Morgan fingerprint density at radius 2 is 2.39 bits per heavy atom. The van der Waals surface area contributed by atoms with Gasteiger partial charge in [0.15, 0.2) is 5.01 Å². The zero-order valence-electron chi connectivity index (χ0n) is 9.09. The number of carbonyl (C=O) groups excluding carboxylic acids is 1. The first-order valence-electron chi connectivity index (χ1n) is 4.87. The summed E-state index contributed by atoms with van der Waals surface area (Å²) in [7, 11) is 0. The third kappa shape index (κ3) is 3.25. The van der Waals surface area contributed by atoms with Gasteiger partial charge in [0.1, 0.15) is 12.4 Å². The summed E-state index contributed by atoms with van der Waals surface area (Å²) in [5.41, 5.74) is 2.69. The van der Waals surface area contributed by atoms with Gasteiger partial charge in [-0.3, -0.25) is 15.2 Å². The molecule has 0 aliphatic rings. The van der Waals surface area contributed by atoms with Gasteiger partial charge in [0.05, 0.1) is 11.9 Å². The van der Waals surface area contributed by atoms with Gasteiger partial charge in [-0.2, -0.15) is 0 Å². The standard InChI is InChI=1S/C10H9BrN4O2S/c11-6-1-8(3-13-2-6)17-4-7-5-18-10(14-7)9(16)15-12/h1-3,5H,4,12H2,(H,15,16). The number of carbonyl (C=O) groups is 1. The van der Waals surface area contributed by atoms with Crippen molar-refractivity contribution in [2.45, 2.75) is 6.61 Å². The monoisotopic (exact) mass is 328 g/mol. The van der Waals surface area contributed by atoms with Gasteiger partial charge in [0.2, 0.25) is 0 Å². The molecule has 0 bridgehead atoms. The zero-order valence-corrected chi connectivity index (χ0v) is 11.5.